The van der Waals surface area contributed by atoms with E-state index in [4.69, 9.17) is 18.9 Å². The SMILES string of the molecule is CC.CCC.CCC.Cc1ccccc1OCC(O)COC(=O)c1ccc2ccc3cccc4ccc1c2c34.O=C(OCC(O)COc1cccc2ccccc12)c1ccc2ccc3cccc4ccc1c2c34. The van der Waals surface area contributed by atoms with E-state index in [1.54, 1.807) is 12.1 Å². The highest BCUT2D eigenvalue weighted by Gasteiger charge is 2.20. The van der Waals surface area contributed by atoms with Crippen LogP contribution in [0.3, 0.4) is 0 Å². The van der Waals surface area contributed by atoms with Crippen molar-refractivity contribution in [3.05, 3.63) is 193 Å². The Morgan fingerprint density at radius 3 is 1.21 bits per heavy atom. The molecule has 11 rings (SSSR count). The molecule has 2 unspecified atom stereocenters. The lowest BCUT2D eigenvalue weighted by molar-refractivity contribution is 0.0129. The summed E-state index contributed by atoms with van der Waals surface area (Å²) >= 11 is 0. The van der Waals surface area contributed by atoms with E-state index in [0.717, 1.165) is 81.0 Å². The van der Waals surface area contributed by atoms with E-state index in [-0.39, 0.29) is 26.4 Å². The van der Waals surface area contributed by atoms with Crippen molar-refractivity contribution in [1.29, 1.82) is 0 Å². The number of esters is 2. The summed E-state index contributed by atoms with van der Waals surface area (Å²) in [6.45, 7) is 14.2. The van der Waals surface area contributed by atoms with Crippen molar-refractivity contribution in [3.8, 4) is 11.5 Å². The van der Waals surface area contributed by atoms with Crippen molar-refractivity contribution in [1.82, 2.24) is 0 Å². The largest absolute Gasteiger partial charge is 0.490 e. The standard InChI is InChI=1S/C30H22O4.C27H22O4.2C3H8.C2H6/c31-23(17-33-27-10-4-6-19-5-1-2-9-24(19)27)18-34-30(32)26-16-14-22-12-11-20-7-3-8-21-13-15-25(26)29(22)28(20)21;1-17-5-2-3-8-24(17)30-15-21(28)16-31-27(29)23-14-12-20-10-9-18-6-4-7-19-11-13-22(23)26(20)25(18)19;2*1-3-2;1-2/h1-16,23,31H,17-18H2;2-14,21,28H,15-16H2,1H3;2*3H2,1-2H3;1-2H3. The summed E-state index contributed by atoms with van der Waals surface area (Å²) < 4.78 is 22.4. The van der Waals surface area contributed by atoms with Crippen molar-refractivity contribution >= 4 is 87.3 Å². The van der Waals surface area contributed by atoms with Gasteiger partial charge < -0.3 is 29.2 Å². The van der Waals surface area contributed by atoms with Crippen LogP contribution < -0.4 is 9.47 Å². The predicted octanol–water partition coefficient (Wildman–Crippen LogP) is 15.7. The number of ether oxygens (including phenoxy) is 4. The average molecular weight is 975 g/mol. The predicted molar refractivity (Wildman–Crippen MR) is 302 cm³/mol. The van der Waals surface area contributed by atoms with Gasteiger partial charge in [-0.1, -0.05) is 206 Å². The molecule has 2 atom stereocenters. The summed E-state index contributed by atoms with van der Waals surface area (Å²) in [5.41, 5.74) is 1.98. The molecule has 0 heterocycles. The van der Waals surface area contributed by atoms with E-state index in [1.807, 2.05) is 136 Å². The second kappa shape index (κ2) is 25.6. The molecule has 0 fully saturated rings. The number of carbonyl (C=O) groups excluding carboxylic acids is 2. The molecule has 0 aliphatic rings. The molecule has 11 aromatic rings. The third-order valence-corrected chi connectivity index (χ3v) is 12.0. The van der Waals surface area contributed by atoms with E-state index in [1.165, 1.54) is 12.8 Å². The second-order valence-corrected chi connectivity index (χ2v) is 17.7. The van der Waals surface area contributed by atoms with Gasteiger partial charge >= 0.3 is 11.9 Å². The number of carbonyl (C=O) groups is 2. The van der Waals surface area contributed by atoms with Gasteiger partial charge in [0.15, 0.2) is 0 Å². The first kappa shape index (κ1) is 53.0. The Hall–Kier alpha value is -7.78. The molecule has 0 saturated heterocycles. The maximum Gasteiger partial charge on any atom is 0.338 e. The van der Waals surface area contributed by atoms with E-state index in [9.17, 15) is 19.8 Å². The molecule has 0 radical (unpaired) electrons. The molecule has 0 aromatic heterocycles. The van der Waals surface area contributed by atoms with Crippen LogP contribution in [0.25, 0.3) is 75.4 Å². The van der Waals surface area contributed by atoms with Crippen molar-refractivity contribution in [3.63, 3.8) is 0 Å². The minimum absolute atomic E-state index is 0.0275. The Morgan fingerprint density at radius 2 is 0.726 bits per heavy atom. The molecular formula is C65H66O8. The Morgan fingerprint density at radius 1 is 0.384 bits per heavy atom. The number of benzene rings is 11. The fourth-order valence-corrected chi connectivity index (χ4v) is 8.83. The highest BCUT2D eigenvalue weighted by atomic mass is 16.6. The third kappa shape index (κ3) is 12.3. The van der Waals surface area contributed by atoms with Gasteiger partial charge in [0.1, 0.15) is 50.1 Å². The molecule has 0 aliphatic carbocycles. The van der Waals surface area contributed by atoms with Crippen molar-refractivity contribution < 1.29 is 38.7 Å². The topological polar surface area (TPSA) is 112 Å². The van der Waals surface area contributed by atoms with Crippen LogP contribution >= 0.6 is 0 Å². The van der Waals surface area contributed by atoms with Gasteiger partial charge in [0.25, 0.3) is 0 Å². The quantitative estimate of drug-likeness (QED) is 0.0920. The third-order valence-electron chi connectivity index (χ3n) is 12.0. The lowest BCUT2D eigenvalue weighted by atomic mass is 9.92. The normalized spacial score (nSPS) is 11.7. The van der Waals surface area contributed by atoms with Gasteiger partial charge in [-0.05, 0) is 107 Å². The fraction of sp³-hybridized carbons (Fsp3) is 0.231. The molecule has 0 aliphatic heterocycles. The summed E-state index contributed by atoms with van der Waals surface area (Å²) in [6.07, 6.45) is 0.644. The molecule has 0 amide bonds. The Kier molecular flexibility index (Phi) is 18.6. The molecule has 0 spiro atoms. The molecule has 0 bridgehead atoms. The van der Waals surface area contributed by atoms with Crippen LogP contribution in [-0.2, 0) is 9.47 Å². The first-order chi connectivity index (χ1) is 35.6. The van der Waals surface area contributed by atoms with Gasteiger partial charge in [0, 0.05) is 5.39 Å². The lowest BCUT2D eigenvalue weighted by Crippen LogP contribution is -2.25. The molecule has 73 heavy (non-hydrogen) atoms. The first-order valence-corrected chi connectivity index (χ1v) is 25.5. The number of hydrogen-bond acceptors (Lipinski definition) is 8. The summed E-state index contributed by atoms with van der Waals surface area (Å²) in [6, 6.07) is 57.6. The fourth-order valence-electron chi connectivity index (χ4n) is 8.83. The van der Waals surface area contributed by atoms with Crippen molar-refractivity contribution in [2.24, 2.45) is 0 Å². The van der Waals surface area contributed by atoms with Crippen molar-refractivity contribution in [2.75, 3.05) is 26.4 Å². The Balaban J connectivity index is 0.000000188. The van der Waals surface area contributed by atoms with Crippen LogP contribution in [0.4, 0.5) is 0 Å². The number of para-hydroxylation sites is 1. The van der Waals surface area contributed by atoms with Crippen LogP contribution in [0, 0.1) is 6.92 Å². The maximum absolute atomic E-state index is 13.0. The summed E-state index contributed by atoms with van der Waals surface area (Å²) in [5, 5.41) is 35.6. The summed E-state index contributed by atoms with van der Waals surface area (Å²) in [7, 11) is 0. The van der Waals surface area contributed by atoms with E-state index < -0.39 is 24.1 Å². The van der Waals surface area contributed by atoms with Crippen LogP contribution in [0.15, 0.2) is 176 Å². The monoisotopic (exact) mass is 974 g/mol. The number of hydrogen-bond donors (Lipinski definition) is 2. The molecule has 8 nitrogen and oxygen atoms in total. The smallest absolute Gasteiger partial charge is 0.338 e. The first-order valence-electron chi connectivity index (χ1n) is 25.5. The van der Waals surface area contributed by atoms with Crippen LogP contribution in [-0.4, -0.2) is 60.8 Å². The molecule has 0 saturated carbocycles. The molecular weight excluding hydrogens is 909 g/mol. The summed E-state index contributed by atoms with van der Waals surface area (Å²) in [5.74, 6) is 0.491. The van der Waals surface area contributed by atoms with Crippen LogP contribution in [0.2, 0.25) is 0 Å². The van der Waals surface area contributed by atoms with E-state index in [2.05, 4.69) is 76.2 Å². The zero-order valence-corrected chi connectivity index (χ0v) is 43.0. The van der Waals surface area contributed by atoms with Crippen LogP contribution in [0.5, 0.6) is 11.5 Å². The van der Waals surface area contributed by atoms with Gasteiger partial charge in [-0.2, -0.15) is 0 Å². The van der Waals surface area contributed by atoms with Gasteiger partial charge in [-0.15, -0.1) is 0 Å². The molecule has 8 heteroatoms. The van der Waals surface area contributed by atoms with E-state index >= 15 is 0 Å². The Bertz CT molecular complexity index is 3500. The highest BCUT2D eigenvalue weighted by Crippen LogP contribution is 2.38. The lowest BCUT2D eigenvalue weighted by Gasteiger charge is -2.16. The summed E-state index contributed by atoms with van der Waals surface area (Å²) in [4.78, 5) is 25.8. The zero-order chi connectivity index (χ0) is 51.9. The number of aryl methyl sites for hydroxylation is 1. The molecule has 11 aromatic carbocycles. The number of aliphatic hydroxyl groups excluding tert-OH is 2. The Labute approximate surface area is 428 Å². The number of fused-ring (bicyclic) bond motifs is 1. The average Bonchev–Trinajstić information content (AvgIpc) is 3.42. The van der Waals surface area contributed by atoms with Gasteiger partial charge in [-0.25, -0.2) is 9.59 Å². The number of aliphatic hydroxyl groups is 2. The molecule has 2 N–H and O–H groups in total. The highest BCUT2D eigenvalue weighted by molar-refractivity contribution is 6.27. The minimum Gasteiger partial charge on any atom is -0.490 e. The molecule has 374 valence electrons. The van der Waals surface area contributed by atoms with Gasteiger partial charge in [0.05, 0.1) is 11.1 Å². The number of rotatable bonds is 12. The van der Waals surface area contributed by atoms with Crippen LogP contribution in [0.1, 0.15) is 80.7 Å². The van der Waals surface area contributed by atoms with Gasteiger partial charge in [0.2, 0.25) is 0 Å². The maximum atomic E-state index is 13.0. The zero-order valence-electron chi connectivity index (χ0n) is 43.0. The van der Waals surface area contributed by atoms with E-state index in [0.29, 0.717) is 22.6 Å². The van der Waals surface area contributed by atoms with Crippen molar-refractivity contribution in [2.45, 2.75) is 73.5 Å². The van der Waals surface area contributed by atoms with Gasteiger partial charge in [-0.3, -0.25) is 0 Å². The second-order valence-electron chi connectivity index (χ2n) is 17.7. The minimum atomic E-state index is -0.942.